The van der Waals surface area contributed by atoms with E-state index in [1.54, 1.807) is 0 Å². The van der Waals surface area contributed by atoms with Gasteiger partial charge in [0.1, 0.15) is 5.69 Å². The molecule has 1 amide bonds. The zero-order valence-corrected chi connectivity index (χ0v) is 24.2. The third kappa shape index (κ3) is 11.4. The number of carbonyl (C=O) groups excluding carboxylic acids is 2. The molecule has 0 unspecified atom stereocenters. The van der Waals surface area contributed by atoms with E-state index in [0.29, 0.717) is 25.6 Å². The molecule has 3 N–H and O–H groups in total. The number of aromatic nitrogens is 2. The van der Waals surface area contributed by atoms with Gasteiger partial charge in [-0.05, 0) is 50.3 Å². The lowest BCUT2D eigenvalue weighted by molar-refractivity contribution is -0.121. The molecule has 0 aliphatic carbocycles. The third-order valence-corrected chi connectivity index (χ3v) is 7.20. The second kappa shape index (κ2) is 17.9. The molecule has 0 saturated carbocycles. The molecule has 1 aromatic heterocycles. The van der Waals surface area contributed by atoms with Gasteiger partial charge >= 0.3 is 7.12 Å². The number of hydrogen-bond donors (Lipinski definition) is 2. The molecule has 2 atom stereocenters. The predicted molar refractivity (Wildman–Crippen MR) is 158 cm³/mol. The topological polar surface area (TPSA) is 120 Å². The van der Waals surface area contributed by atoms with Crippen molar-refractivity contribution in [1.29, 1.82) is 0 Å². The van der Waals surface area contributed by atoms with Crippen molar-refractivity contribution in [1.82, 2.24) is 20.2 Å². The van der Waals surface area contributed by atoms with Gasteiger partial charge in [0.15, 0.2) is 5.78 Å². The standard InChI is InChI=1S/C30H46BN5O4/c1-24(2)20-26(31-39-18-16-36(17-19-40-31)15-9-4-3-8-12-32)22-29(37)27(21-25-10-6-5-7-11-25)35-30(38)28-23-33-13-14-34-28/h5-7,10-11,13-14,23-24,26-27H,3-4,8-9,12,15-22,32H2,1-2H3,(H,35,38)/t26-,27+/m1/s1. The van der Waals surface area contributed by atoms with Gasteiger partial charge in [0.25, 0.3) is 5.91 Å². The van der Waals surface area contributed by atoms with Crippen LogP contribution in [0.1, 0.15) is 68.4 Å². The van der Waals surface area contributed by atoms with Crippen LogP contribution in [0.2, 0.25) is 5.82 Å². The summed E-state index contributed by atoms with van der Waals surface area (Å²) in [6, 6.07) is 9.03. The number of carbonyl (C=O) groups is 2. The normalized spacial score (nSPS) is 16.2. The molecule has 1 saturated heterocycles. The van der Waals surface area contributed by atoms with Crippen LogP contribution in [0, 0.1) is 5.92 Å². The molecular formula is C30H46BN5O4. The van der Waals surface area contributed by atoms with Crippen molar-refractivity contribution in [3.8, 4) is 0 Å². The van der Waals surface area contributed by atoms with Crippen LogP contribution in [0.4, 0.5) is 0 Å². The molecular weight excluding hydrogens is 505 g/mol. The van der Waals surface area contributed by atoms with Gasteiger partial charge in [0.05, 0.1) is 12.2 Å². The summed E-state index contributed by atoms with van der Waals surface area (Å²) >= 11 is 0. The van der Waals surface area contributed by atoms with Crippen LogP contribution in [-0.4, -0.2) is 79.1 Å². The van der Waals surface area contributed by atoms with Crippen LogP contribution < -0.4 is 11.1 Å². The average molecular weight is 552 g/mol. The van der Waals surface area contributed by atoms with Crippen LogP contribution in [0.25, 0.3) is 0 Å². The lowest BCUT2D eigenvalue weighted by Crippen LogP contribution is -2.45. The number of Topliss-reactive ketones (excluding diaryl/α,β-unsaturated/α-hetero) is 1. The van der Waals surface area contributed by atoms with E-state index in [4.69, 9.17) is 15.0 Å². The van der Waals surface area contributed by atoms with E-state index in [1.165, 1.54) is 31.4 Å². The highest BCUT2D eigenvalue weighted by Crippen LogP contribution is 2.28. The van der Waals surface area contributed by atoms with Gasteiger partial charge in [-0.1, -0.05) is 57.0 Å². The van der Waals surface area contributed by atoms with Gasteiger partial charge < -0.3 is 20.4 Å². The molecule has 9 nitrogen and oxygen atoms in total. The van der Waals surface area contributed by atoms with Crippen LogP contribution in [0.3, 0.4) is 0 Å². The molecule has 1 fully saturated rings. The maximum atomic E-state index is 13.8. The molecule has 3 rings (SSSR count). The van der Waals surface area contributed by atoms with E-state index in [2.05, 4.69) is 34.0 Å². The second-order valence-electron chi connectivity index (χ2n) is 11.0. The van der Waals surface area contributed by atoms with Crippen molar-refractivity contribution < 1.29 is 18.9 Å². The zero-order chi connectivity index (χ0) is 28.6. The summed E-state index contributed by atoms with van der Waals surface area (Å²) in [7, 11) is -0.453. The smallest absolute Gasteiger partial charge is 0.410 e. The van der Waals surface area contributed by atoms with Crippen molar-refractivity contribution in [2.24, 2.45) is 11.7 Å². The largest absolute Gasteiger partial charge is 0.460 e. The van der Waals surface area contributed by atoms with Gasteiger partial charge in [0.2, 0.25) is 0 Å². The Morgan fingerprint density at radius 1 is 1.05 bits per heavy atom. The first-order valence-electron chi connectivity index (χ1n) is 14.8. The summed E-state index contributed by atoms with van der Waals surface area (Å²) in [5.41, 5.74) is 6.75. The Hall–Kier alpha value is -2.66. The van der Waals surface area contributed by atoms with Gasteiger partial charge in [-0.3, -0.25) is 19.5 Å². The Bertz CT molecular complexity index is 988. The Morgan fingerprint density at radius 3 is 2.42 bits per heavy atom. The van der Waals surface area contributed by atoms with E-state index in [1.807, 2.05) is 30.3 Å². The monoisotopic (exact) mass is 551 g/mol. The van der Waals surface area contributed by atoms with Crippen molar-refractivity contribution in [2.75, 3.05) is 39.4 Å². The first kappa shape index (κ1) is 31.9. The quantitative estimate of drug-likeness (QED) is 0.240. The van der Waals surface area contributed by atoms with E-state index < -0.39 is 19.1 Å². The predicted octanol–water partition coefficient (Wildman–Crippen LogP) is 3.55. The zero-order valence-electron chi connectivity index (χ0n) is 24.2. The maximum absolute atomic E-state index is 13.8. The SMILES string of the molecule is CC(C)C[C@H](CC(=O)[C@H](Cc1ccccc1)NC(=O)c1cnccn1)B1OCCN(CCCCCCN)CCO1. The van der Waals surface area contributed by atoms with Gasteiger partial charge in [-0.15, -0.1) is 0 Å². The van der Waals surface area contributed by atoms with Crippen LogP contribution in [-0.2, 0) is 20.5 Å². The number of amides is 1. The van der Waals surface area contributed by atoms with E-state index >= 15 is 0 Å². The van der Waals surface area contributed by atoms with Crippen LogP contribution in [0.15, 0.2) is 48.9 Å². The van der Waals surface area contributed by atoms with Gasteiger partial charge in [0, 0.05) is 50.9 Å². The van der Waals surface area contributed by atoms with Crippen molar-refractivity contribution in [3.05, 3.63) is 60.2 Å². The average Bonchev–Trinajstić information content (AvgIpc) is 2.94. The fourth-order valence-corrected chi connectivity index (χ4v) is 5.13. The molecule has 40 heavy (non-hydrogen) atoms. The number of unbranched alkanes of at least 4 members (excludes halogenated alkanes) is 3. The minimum Gasteiger partial charge on any atom is -0.410 e. The molecule has 2 heterocycles. The maximum Gasteiger partial charge on any atom is 0.460 e. The lowest BCUT2D eigenvalue weighted by Gasteiger charge is -2.31. The number of benzene rings is 1. The van der Waals surface area contributed by atoms with E-state index in [9.17, 15) is 9.59 Å². The highest BCUT2D eigenvalue weighted by molar-refractivity contribution is 6.47. The summed E-state index contributed by atoms with van der Waals surface area (Å²) in [5, 5.41) is 2.92. The molecule has 218 valence electrons. The summed E-state index contributed by atoms with van der Waals surface area (Å²) in [6.45, 7) is 8.90. The molecule has 1 aromatic carbocycles. The number of nitrogens with zero attached hydrogens (tertiary/aromatic N) is 3. The molecule has 1 aliphatic heterocycles. The molecule has 10 heteroatoms. The van der Waals surface area contributed by atoms with Crippen LogP contribution in [0.5, 0.6) is 0 Å². The number of ketones is 1. The second-order valence-corrected chi connectivity index (χ2v) is 11.0. The van der Waals surface area contributed by atoms with Crippen LogP contribution >= 0.6 is 0 Å². The fourth-order valence-electron chi connectivity index (χ4n) is 5.13. The highest BCUT2D eigenvalue weighted by Gasteiger charge is 2.36. The Kier molecular flexibility index (Phi) is 14.3. The van der Waals surface area contributed by atoms with Gasteiger partial charge in [-0.2, -0.15) is 0 Å². The van der Waals surface area contributed by atoms with Gasteiger partial charge in [-0.25, -0.2) is 4.98 Å². The number of rotatable bonds is 16. The summed E-state index contributed by atoms with van der Waals surface area (Å²) in [5.74, 6) is -0.200. The summed E-state index contributed by atoms with van der Waals surface area (Å²) < 4.78 is 12.5. The molecule has 1 aliphatic rings. The highest BCUT2D eigenvalue weighted by atomic mass is 16.6. The summed E-state index contributed by atoms with van der Waals surface area (Å²) in [4.78, 5) is 37.2. The Morgan fingerprint density at radius 2 is 1.77 bits per heavy atom. The minimum atomic E-state index is -0.699. The Labute approximate surface area is 239 Å². The first-order valence-corrected chi connectivity index (χ1v) is 14.8. The molecule has 0 spiro atoms. The van der Waals surface area contributed by atoms with Crippen molar-refractivity contribution in [3.63, 3.8) is 0 Å². The number of nitrogens with one attached hydrogen (secondary N) is 1. The first-order chi connectivity index (χ1) is 19.5. The van der Waals surface area contributed by atoms with E-state index in [0.717, 1.165) is 51.0 Å². The molecule has 0 bridgehead atoms. The molecule has 2 aromatic rings. The number of nitrogens with two attached hydrogens (primary N) is 1. The fraction of sp³-hybridized carbons (Fsp3) is 0.600. The van der Waals surface area contributed by atoms with Crippen molar-refractivity contribution in [2.45, 2.75) is 70.7 Å². The van der Waals surface area contributed by atoms with Crippen molar-refractivity contribution >= 4 is 18.8 Å². The third-order valence-electron chi connectivity index (χ3n) is 7.20. The summed E-state index contributed by atoms with van der Waals surface area (Å²) in [6.07, 6.45) is 10.4. The minimum absolute atomic E-state index is 0.0416. The molecule has 0 radical (unpaired) electrons. The number of hydrogen-bond acceptors (Lipinski definition) is 8. The lowest BCUT2D eigenvalue weighted by atomic mass is 9.64. The van der Waals surface area contributed by atoms with E-state index in [-0.39, 0.29) is 23.7 Å². The Balaban J connectivity index is 1.63.